The summed E-state index contributed by atoms with van der Waals surface area (Å²) >= 11 is 0. The zero-order valence-corrected chi connectivity index (χ0v) is 15.7. The average molecular weight is 360 g/mol. The number of methoxy groups -OCH3 is 1. The summed E-state index contributed by atoms with van der Waals surface area (Å²) in [6, 6.07) is 0. The largest absolute Gasteiger partial charge is 0.507 e. The van der Waals surface area contributed by atoms with E-state index in [0.717, 1.165) is 44.1 Å². The van der Waals surface area contributed by atoms with E-state index in [-0.39, 0.29) is 29.0 Å². The summed E-state index contributed by atoms with van der Waals surface area (Å²) < 4.78 is 5.07. The van der Waals surface area contributed by atoms with Crippen LogP contribution in [0.3, 0.4) is 0 Å². The predicted molar refractivity (Wildman–Crippen MR) is 95.3 cm³/mol. The van der Waals surface area contributed by atoms with Crippen LogP contribution in [0.1, 0.15) is 52.4 Å². The summed E-state index contributed by atoms with van der Waals surface area (Å²) in [5, 5.41) is 20.8. The molecule has 4 rings (SSSR count). The maximum Gasteiger partial charge on any atom is 0.309 e. The molecule has 5 heteroatoms. The molecule has 0 amide bonds. The second-order valence-electron chi connectivity index (χ2n) is 9.05. The summed E-state index contributed by atoms with van der Waals surface area (Å²) in [5.41, 5.74) is 0.230. The van der Waals surface area contributed by atoms with Gasteiger partial charge in [0.2, 0.25) is 11.5 Å². The number of hydrogen-bond donors (Lipinski definition) is 2. The average Bonchev–Trinajstić information content (AvgIpc) is 2.98. The number of rotatable bonds is 1. The molecule has 0 aliphatic heterocycles. The fourth-order valence-electron chi connectivity index (χ4n) is 6.90. The lowest BCUT2D eigenvalue weighted by Gasteiger charge is -2.57. The Morgan fingerprint density at radius 3 is 2.58 bits per heavy atom. The van der Waals surface area contributed by atoms with Crippen LogP contribution in [-0.2, 0) is 14.3 Å². The molecule has 26 heavy (non-hydrogen) atoms. The van der Waals surface area contributed by atoms with Crippen molar-refractivity contribution < 1.29 is 24.5 Å². The molecule has 3 fully saturated rings. The molecule has 2 N–H and O–H groups in total. The van der Waals surface area contributed by atoms with Crippen LogP contribution in [0.2, 0.25) is 0 Å². The monoisotopic (exact) mass is 360 g/mol. The first-order chi connectivity index (χ1) is 12.2. The summed E-state index contributed by atoms with van der Waals surface area (Å²) in [5.74, 6) is -0.295. The maximum absolute atomic E-state index is 12.3. The molecule has 5 nitrogen and oxygen atoms in total. The zero-order valence-electron chi connectivity index (χ0n) is 15.7. The van der Waals surface area contributed by atoms with E-state index in [4.69, 9.17) is 4.74 Å². The highest BCUT2D eigenvalue weighted by Crippen LogP contribution is 2.67. The number of allylic oxidation sites excluding steroid dienone is 2. The van der Waals surface area contributed by atoms with Gasteiger partial charge in [-0.05, 0) is 74.7 Å². The van der Waals surface area contributed by atoms with Gasteiger partial charge in [0, 0.05) is 0 Å². The second kappa shape index (κ2) is 5.61. The van der Waals surface area contributed by atoms with Crippen LogP contribution in [0.4, 0.5) is 0 Å². The Bertz CT molecular complexity index is 735. The molecule has 0 spiro atoms. The summed E-state index contributed by atoms with van der Waals surface area (Å²) in [7, 11) is 1.47. The Morgan fingerprint density at radius 1 is 1.15 bits per heavy atom. The highest BCUT2D eigenvalue weighted by Gasteiger charge is 2.62. The van der Waals surface area contributed by atoms with Crippen LogP contribution < -0.4 is 0 Å². The Balaban J connectivity index is 1.71. The molecular formula is C21H28O5. The van der Waals surface area contributed by atoms with Crippen molar-refractivity contribution in [1.82, 2.24) is 0 Å². The zero-order chi connectivity index (χ0) is 18.9. The second-order valence-corrected chi connectivity index (χ2v) is 9.05. The van der Waals surface area contributed by atoms with Crippen molar-refractivity contribution in [2.75, 3.05) is 7.11 Å². The molecule has 4 aliphatic carbocycles. The first kappa shape index (κ1) is 17.6. The highest BCUT2D eigenvalue weighted by molar-refractivity contribution is 6.04. The van der Waals surface area contributed by atoms with E-state index in [1.165, 1.54) is 13.2 Å². The molecule has 0 aromatic heterocycles. The Morgan fingerprint density at radius 2 is 1.88 bits per heavy atom. The smallest absolute Gasteiger partial charge is 0.309 e. The first-order valence-corrected chi connectivity index (χ1v) is 9.71. The van der Waals surface area contributed by atoms with Crippen LogP contribution >= 0.6 is 0 Å². The molecule has 0 aromatic rings. The van der Waals surface area contributed by atoms with Crippen molar-refractivity contribution in [3.05, 3.63) is 23.2 Å². The minimum atomic E-state index is -0.661. The van der Waals surface area contributed by atoms with Crippen LogP contribution in [-0.4, -0.2) is 29.1 Å². The molecular weight excluding hydrogens is 332 g/mol. The number of aliphatic hydroxyl groups excluding tert-OH is 2. The molecule has 4 aliphatic rings. The van der Waals surface area contributed by atoms with Gasteiger partial charge in [0.15, 0.2) is 0 Å². The fourth-order valence-corrected chi connectivity index (χ4v) is 6.90. The summed E-state index contributed by atoms with van der Waals surface area (Å²) in [6.07, 6.45) is 6.92. The van der Waals surface area contributed by atoms with Crippen molar-refractivity contribution in [2.45, 2.75) is 52.4 Å². The number of ether oxygens (including phenoxy) is 1. The number of ketones is 1. The van der Waals surface area contributed by atoms with Crippen molar-refractivity contribution in [3.8, 4) is 0 Å². The third-order valence-corrected chi connectivity index (χ3v) is 8.33. The van der Waals surface area contributed by atoms with Gasteiger partial charge in [-0.2, -0.15) is 0 Å². The van der Waals surface area contributed by atoms with Gasteiger partial charge in [-0.15, -0.1) is 0 Å². The Labute approximate surface area is 154 Å². The molecule has 0 heterocycles. The van der Waals surface area contributed by atoms with Gasteiger partial charge in [-0.1, -0.05) is 12.5 Å². The van der Waals surface area contributed by atoms with Crippen LogP contribution in [0.5, 0.6) is 0 Å². The standard InChI is InChI=1S/C21H28O5/c1-20-9-8-14-12(13(20)6-7-15(20)19(25)26-3)5-4-11-10-16(22)17(23)18(24)21(11,14)2/h10,12-15,23-24H,4-9H2,1-3H3/t12-,13-,14-,15-,20-,21-/m0/s1. The van der Waals surface area contributed by atoms with Crippen molar-refractivity contribution in [1.29, 1.82) is 0 Å². The van der Waals surface area contributed by atoms with Gasteiger partial charge in [0.25, 0.3) is 0 Å². The van der Waals surface area contributed by atoms with Gasteiger partial charge in [0.05, 0.1) is 18.4 Å². The van der Waals surface area contributed by atoms with E-state index in [9.17, 15) is 19.8 Å². The Kier molecular flexibility index (Phi) is 3.80. The number of esters is 1. The molecule has 142 valence electrons. The summed E-state index contributed by atoms with van der Waals surface area (Å²) in [6.45, 7) is 4.21. The topological polar surface area (TPSA) is 83.8 Å². The normalized spacial score (nSPS) is 44.7. The van der Waals surface area contributed by atoms with Crippen molar-refractivity contribution in [2.24, 2.45) is 34.5 Å². The van der Waals surface area contributed by atoms with E-state index in [1.54, 1.807) is 0 Å². The van der Waals surface area contributed by atoms with Gasteiger partial charge in [-0.25, -0.2) is 0 Å². The van der Waals surface area contributed by atoms with E-state index >= 15 is 0 Å². The SMILES string of the molecule is COC(=O)[C@@H]1CC[C@H]2[C@@H]3CCC4=CC(=O)C(O)=C(O)[C@]4(C)[C@H]3CC[C@]12C. The van der Waals surface area contributed by atoms with E-state index < -0.39 is 17.0 Å². The summed E-state index contributed by atoms with van der Waals surface area (Å²) in [4.78, 5) is 24.3. The van der Waals surface area contributed by atoms with Crippen LogP contribution in [0.15, 0.2) is 23.2 Å². The molecule has 0 radical (unpaired) electrons. The number of carbonyl (C=O) groups is 2. The predicted octanol–water partition coefficient (Wildman–Crippen LogP) is 3.85. The van der Waals surface area contributed by atoms with Crippen LogP contribution in [0.25, 0.3) is 0 Å². The molecule has 0 aromatic carbocycles. The third kappa shape index (κ3) is 2.03. The lowest BCUT2D eigenvalue weighted by molar-refractivity contribution is -0.152. The van der Waals surface area contributed by atoms with Gasteiger partial charge in [-0.3, -0.25) is 9.59 Å². The van der Waals surface area contributed by atoms with Gasteiger partial charge < -0.3 is 14.9 Å². The van der Waals surface area contributed by atoms with Crippen LogP contribution in [0, 0.1) is 34.5 Å². The molecule has 3 saturated carbocycles. The van der Waals surface area contributed by atoms with E-state index in [1.807, 2.05) is 6.92 Å². The lowest BCUT2D eigenvalue weighted by atomic mass is 9.47. The number of carbonyl (C=O) groups excluding carboxylic acids is 2. The number of fused-ring (bicyclic) bond motifs is 5. The molecule has 0 unspecified atom stereocenters. The van der Waals surface area contributed by atoms with E-state index in [0.29, 0.717) is 11.8 Å². The quantitative estimate of drug-likeness (QED) is 0.694. The number of hydrogen-bond acceptors (Lipinski definition) is 5. The van der Waals surface area contributed by atoms with Crippen molar-refractivity contribution >= 4 is 11.8 Å². The third-order valence-electron chi connectivity index (χ3n) is 8.33. The van der Waals surface area contributed by atoms with Gasteiger partial charge in [0.1, 0.15) is 5.76 Å². The molecule has 0 saturated heterocycles. The number of aliphatic hydroxyl groups is 2. The van der Waals surface area contributed by atoms with Crippen molar-refractivity contribution in [3.63, 3.8) is 0 Å². The maximum atomic E-state index is 12.3. The molecule has 0 bridgehead atoms. The fraction of sp³-hybridized carbons (Fsp3) is 0.714. The molecule has 6 atom stereocenters. The first-order valence-electron chi connectivity index (χ1n) is 9.71. The lowest BCUT2D eigenvalue weighted by Crippen LogP contribution is -2.52. The highest BCUT2D eigenvalue weighted by atomic mass is 16.5. The van der Waals surface area contributed by atoms with E-state index in [2.05, 4.69) is 6.92 Å². The Hall–Kier alpha value is -1.78. The minimum absolute atomic E-state index is 0.0475. The minimum Gasteiger partial charge on any atom is -0.507 e. The van der Waals surface area contributed by atoms with Gasteiger partial charge >= 0.3 is 5.97 Å².